The number of amides is 1. The topological polar surface area (TPSA) is 101 Å². The van der Waals surface area contributed by atoms with E-state index in [1.54, 1.807) is 6.07 Å². The van der Waals surface area contributed by atoms with Gasteiger partial charge >= 0.3 is 6.18 Å². The van der Waals surface area contributed by atoms with Crippen LogP contribution in [0.15, 0.2) is 36.9 Å². The van der Waals surface area contributed by atoms with Gasteiger partial charge in [0, 0.05) is 24.2 Å². The molecule has 35 heavy (non-hydrogen) atoms. The minimum atomic E-state index is -4.42. The van der Waals surface area contributed by atoms with Crippen LogP contribution in [0.2, 0.25) is 0 Å². The quantitative estimate of drug-likeness (QED) is 0.390. The number of halogens is 4. The smallest absolute Gasteiger partial charge is 0.347 e. The molecule has 5 rings (SSSR count). The molecular weight excluding hydrogens is 466 g/mol. The third-order valence-electron chi connectivity index (χ3n) is 5.98. The van der Waals surface area contributed by atoms with Gasteiger partial charge < -0.3 is 10.3 Å². The molecule has 2 N–H and O–H groups in total. The van der Waals surface area contributed by atoms with Crippen LogP contribution in [0.3, 0.4) is 0 Å². The van der Waals surface area contributed by atoms with E-state index in [2.05, 4.69) is 30.4 Å². The first-order chi connectivity index (χ1) is 16.7. The fraction of sp³-hybridized carbons (Fsp3) is 0.348. The second-order valence-corrected chi connectivity index (χ2v) is 8.60. The molecule has 182 valence electrons. The van der Waals surface area contributed by atoms with Gasteiger partial charge in [0.1, 0.15) is 30.0 Å². The van der Waals surface area contributed by atoms with Gasteiger partial charge in [-0.2, -0.15) is 18.3 Å². The lowest BCUT2D eigenvalue weighted by Gasteiger charge is -2.08. The van der Waals surface area contributed by atoms with Crippen LogP contribution in [-0.4, -0.2) is 41.8 Å². The standard InChI is InChI=1S/C23H21F4N7O/c24-17-6-13(5-15(7-17)16-9-31-34(10-16)11-23(25,26)27)8-28-22(35)19-18-21(30-12-29-19)33-20(32-18)14-3-1-2-4-14/h5-7,9-10,12,14H,1-4,8,11H2,(H,28,35)(H,29,30,32,33). The van der Waals surface area contributed by atoms with Crippen LogP contribution in [0, 0.1) is 5.82 Å². The van der Waals surface area contributed by atoms with Gasteiger partial charge in [0.15, 0.2) is 11.3 Å². The van der Waals surface area contributed by atoms with Crippen molar-refractivity contribution in [2.24, 2.45) is 0 Å². The maximum Gasteiger partial charge on any atom is 0.408 e. The number of fused-ring (bicyclic) bond motifs is 1. The van der Waals surface area contributed by atoms with Gasteiger partial charge in [-0.15, -0.1) is 0 Å². The van der Waals surface area contributed by atoms with Crippen molar-refractivity contribution in [3.05, 3.63) is 59.8 Å². The Bertz CT molecular complexity index is 1370. The summed E-state index contributed by atoms with van der Waals surface area (Å²) < 4.78 is 52.8. The van der Waals surface area contributed by atoms with E-state index in [9.17, 15) is 22.4 Å². The lowest BCUT2D eigenvalue weighted by Crippen LogP contribution is -2.24. The number of nitrogens with zero attached hydrogens (tertiary/aromatic N) is 5. The summed E-state index contributed by atoms with van der Waals surface area (Å²) in [6.45, 7) is -1.26. The third-order valence-corrected chi connectivity index (χ3v) is 5.98. The van der Waals surface area contributed by atoms with E-state index in [0.717, 1.165) is 36.2 Å². The molecule has 12 heteroatoms. The molecule has 1 aromatic carbocycles. The summed E-state index contributed by atoms with van der Waals surface area (Å²) in [5, 5.41) is 6.41. The molecule has 0 radical (unpaired) electrons. The number of imidazole rings is 1. The number of aromatic amines is 1. The highest BCUT2D eigenvalue weighted by atomic mass is 19.4. The maximum atomic E-state index is 14.2. The van der Waals surface area contributed by atoms with E-state index in [1.807, 2.05) is 0 Å². The molecule has 1 saturated carbocycles. The first-order valence-electron chi connectivity index (χ1n) is 11.1. The van der Waals surface area contributed by atoms with Crippen LogP contribution in [0.4, 0.5) is 17.6 Å². The molecule has 8 nitrogen and oxygen atoms in total. The van der Waals surface area contributed by atoms with Gasteiger partial charge in [0.2, 0.25) is 0 Å². The second kappa shape index (κ2) is 9.08. The zero-order chi connectivity index (χ0) is 24.6. The number of hydrogen-bond donors (Lipinski definition) is 2. The van der Waals surface area contributed by atoms with E-state index in [0.29, 0.717) is 33.8 Å². The molecule has 0 saturated heterocycles. The van der Waals surface area contributed by atoms with Gasteiger partial charge in [-0.3, -0.25) is 9.48 Å². The van der Waals surface area contributed by atoms with Crippen molar-refractivity contribution in [1.29, 1.82) is 0 Å². The van der Waals surface area contributed by atoms with Crippen LogP contribution < -0.4 is 5.32 Å². The van der Waals surface area contributed by atoms with Crippen molar-refractivity contribution in [2.75, 3.05) is 0 Å². The summed E-state index contributed by atoms with van der Waals surface area (Å²) >= 11 is 0. The van der Waals surface area contributed by atoms with Gasteiger partial charge in [0.25, 0.3) is 5.91 Å². The van der Waals surface area contributed by atoms with E-state index < -0.39 is 24.4 Å². The lowest BCUT2D eigenvalue weighted by atomic mass is 10.1. The van der Waals surface area contributed by atoms with Crippen LogP contribution in [0.1, 0.15) is 53.5 Å². The lowest BCUT2D eigenvalue weighted by molar-refractivity contribution is -0.142. The Morgan fingerprint density at radius 1 is 1.14 bits per heavy atom. The van der Waals surface area contributed by atoms with Crippen LogP contribution in [-0.2, 0) is 13.1 Å². The predicted molar refractivity (Wildman–Crippen MR) is 118 cm³/mol. The number of rotatable bonds is 6. The van der Waals surface area contributed by atoms with Crippen LogP contribution in [0.25, 0.3) is 22.3 Å². The molecule has 0 spiro atoms. The highest BCUT2D eigenvalue weighted by Gasteiger charge is 2.28. The molecule has 1 aliphatic carbocycles. The van der Waals surface area contributed by atoms with Crippen molar-refractivity contribution in [1.82, 2.24) is 35.0 Å². The van der Waals surface area contributed by atoms with Crippen molar-refractivity contribution >= 4 is 17.1 Å². The van der Waals surface area contributed by atoms with E-state index >= 15 is 0 Å². The van der Waals surface area contributed by atoms with Crippen molar-refractivity contribution in [3.63, 3.8) is 0 Å². The second-order valence-electron chi connectivity index (χ2n) is 8.60. The monoisotopic (exact) mass is 487 g/mol. The third kappa shape index (κ3) is 5.15. The Labute approximate surface area is 196 Å². The number of carbonyl (C=O) groups is 1. The molecule has 0 aliphatic heterocycles. The number of aromatic nitrogens is 6. The Morgan fingerprint density at radius 2 is 1.94 bits per heavy atom. The minimum absolute atomic E-state index is 0.0185. The Morgan fingerprint density at radius 3 is 2.71 bits per heavy atom. The molecule has 0 unspecified atom stereocenters. The number of carbonyl (C=O) groups excluding carboxylic acids is 1. The molecule has 1 aliphatic rings. The average Bonchev–Trinajstić information content (AvgIpc) is 3.55. The zero-order valence-corrected chi connectivity index (χ0v) is 18.4. The number of alkyl halides is 3. The van der Waals surface area contributed by atoms with Gasteiger partial charge in [-0.25, -0.2) is 19.3 Å². The molecule has 1 amide bonds. The predicted octanol–water partition coefficient (Wildman–Crippen LogP) is 4.51. The fourth-order valence-corrected chi connectivity index (χ4v) is 4.38. The fourth-order valence-electron chi connectivity index (χ4n) is 4.38. The highest BCUT2D eigenvalue weighted by Crippen LogP contribution is 2.33. The van der Waals surface area contributed by atoms with Crippen molar-refractivity contribution < 1.29 is 22.4 Å². The summed E-state index contributed by atoms with van der Waals surface area (Å²) in [5.74, 6) is 0.0385. The molecule has 0 atom stereocenters. The zero-order valence-electron chi connectivity index (χ0n) is 18.4. The molecule has 3 aromatic heterocycles. The van der Waals surface area contributed by atoms with E-state index in [1.165, 1.54) is 30.9 Å². The maximum absolute atomic E-state index is 14.2. The normalized spacial score (nSPS) is 14.6. The molecule has 0 bridgehead atoms. The molecule has 1 fully saturated rings. The Kier molecular flexibility index (Phi) is 5.95. The first-order valence-corrected chi connectivity index (χ1v) is 11.1. The van der Waals surface area contributed by atoms with Gasteiger partial charge in [-0.05, 0) is 42.2 Å². The van der Waals surface area contributed by atoms with Crippen molar-refractivity contribution in [3.8, 4) is 11.1 Å². The minimum Gasteiger partial charge on any atom is -0.347 e. The summed E-state index contributed by atoms with van der Waals surface area (Å²) in [4.78, 5) is 28.9. The Balaban J connectivity index is 1.32. The average molecular weight is 487 g/mol. The van der Waals surface area contributed by atoms with E-state index in [4.69, 9.17) is 0 Å². The summed E-state index contributed by atoms with van der Waals surface area (Å²) in [5.41, 5.74) is 2.10. The number of benzene rings is 1. The number of H-pyrrole nitrogens is 1. The van der Waals surface area contributed by atoms with Gasteiger partial charge in [-0.1, -0.05) is 12.8 Å². The van der Waals surface area contributed by atoms with Crippen LogP contribution >= 0.6 is 0 Å². The molecular formula is C23H21F4N7O. The SMILES string of the molecule is O=C(NCc1cc(F)cc(-c2cnn(CC(F)(F)F)c2)c1)c1ncnc2nc(C3CCCC3)[nH]c12. The van der Waals surface area contributed by atoms with Gasteiger partial charge in [0.05, 0.1) is 6.20 Å². The number of nitrogens with one attached hydrogen (secondary N) is 2. The summed E-state index contributed by atoms with van der Waals surface area (Å²) in [6.07, 6.45) is 3.63. The number of hydrogen-bond acceptors (Lipinski definition) is 5. The van der Waals surface area contributed by atoms with Crippen molar-refractivity contribution in [2.45, 2.75) is 50.9 Å². The summed E-state index contributed by atoms with van der Waals surface area (Å²) in [6, 6.07) is 4.03. The summed E-state index contributed by atoms with van der Waals surface area (Å²) in [7, 11) is 0. The highest BCUT2D eigenvalue weighted by molar-refractivity contribution is 6.02. The molecule has 3 heterocycles. The van der Waals surface area contributed by atoms with E-state index in [-0.39, 0.29) is 12.2 Å². The Hall–Kier alpha value is -3.83. The van der Waals surface area contributed by atoms with Crippen LogP contribution in [0.5, 0.6) is 0 Å². The first kappa shape index (κ1) is 22.9. The molecule has 4 aromatic rings. The largest absolute Gasteiger partial charge is 0.408 e.